The molecule has 7 heteroatoms. The van der Waals surface area contributed by atoms with Gasteiger partial charge in [-0.15, -0.1) is 4.98 Å². The van der Waals surface area contributed by atoms with Gasteiger partial charge in [0.05, 0.1) is 5.69 Å². The number of carbonyl (C=O) groups excluding carboxylic acids is 1. The lowest BCUT2D eigenvalue weighted by atomic mass is 10.0. The van der Waals surface area contributed by atoms with Crippen LogP contribution in [0.25, 0.3) is 4.85 Å². The van der Waals surface area contributed by atoms with Gasteiger partial charge < -0.3 is 9.74 Å². The van der Waals surface area contributed by atoms with Gasteiger partial charge in [-0.05, 0) is 69.2 Å². The summed E-state index contributed by atoms with van der Waals surface area (Å²) >= 11 is 5.55. The Hall–Kier alpha value is -2.85. The number of thiocarbonyl (C=S) groups is 1. The lowest BCUT2D eigenvalue weighted by Crippen LogP contribution is -2.44. The molecule has 132 valence electrons. The molecule has 0 atom stereocenters. The number of nitrogens with zero attached hydrogens (tertiary/aromatic N) is 4. The molecule has 2 aromatic rings. The highest BCUT2D eigenvalue weighted by atomic mass is 32.1. The van der Waals surface area contributed by atoms with Crippen molar-refractivity contribution in [3.8, 4) is 0 Å². The zero-order valence-electron chi connectivity index (χ0n) is 14.9. The average Bonchev–Trinajstić information content (AvgIpc) is 2.75. The fraction of sp³-hybridized carbons (Fsp3) is 0.263. The Balaban J connectivity index is 2.09. The number of pyridine rings is 1. The minimum atomic E-state index is -0.981. The van der Waals surface area contributed by atoms with Gasteiger partial charge in [-0.1, -0.05) is 12.6 Å². The Morgan fingerprint density at radius 2 is 1.88 bits per heavy atom. The number of carbonyl (C=O) groups is 1. The lowest BCUT2D eigenvalue weighted by molar-refractivity contribution is -0.120. The number of rotatable bonds is 2. The van der Waals surface area contributed by atoms with Crippen molar-refractivity contribution in [3.63, 3.8) is 0 Å². The summed E-state index contributed by atoms with van der Waals surface area (Å²) in [5.74, 6) is -0.311. The molecule has 0 N–H and O–H groups in total. The molecule has 0 saturated carbocycles. The summed E-state index contributed by atoms with van der Waals surface area (Å²) in [6, 6.07) is 6.49. The number of aryl methyl sites for hydroxylation is 2. The summed E-state index contributed by atoms with van der Waals surface area (Å²) in [5.41, 5.74) is 1.21. The number of halogens is 1. The van der Waals surface area contributed by atoms with E-state index in [1.807, 2.05) is 0 Å². The highest BCUT2D eigenvalue weighted by Crippen LogP contribution is 2.37. The maximum absolute atomic E-state index is 14.1. The minimum Gasteiger partial charge on any atom is -0.360 e. The maximum atomic E-state index is 14.1. The van der Waals surface area contributed by atoms with Gasteiger partial charge in [0.25, 0.3) is 11.7 Å². The molecule has 1 amide bonds. The van der Waals surface area contributed by atoms with E-state index in [9.17, 15) is 9.18 Å². The fourth-order valence-electron chi connectivity index (χ4n) is 2.97. The van der Waals surface area contributed by atoms with Gasteiger partial charge in [-0.2, -0.15) is 0 Å². The quantitative estimate of drug-likeness (QED) is 0.585. The molecule has 0 spiro atoms. The van der Waals surface area contributed by atoms with Crippen molar-refractivity contribution < 1.29 is 9.18 Å². The Bertz CT molecular complexity index is 980. The highest BCUT2D eigenvalue weighted by Gasteiger charge is 2.50. The maximum Gasteiger partial charge on any atom is 0.272 e. The third-order valence-electron chi connectivity index (χ3n) is 4.48. The number of amides is 1. The predicted molar refractivity (Wildman–Crippen MR) is 103 cm³/mol. The summed E-state index contributed by atoms with van der Waals surface area (Å²) < 4.78 is 14.1. The number of benzene rings is 1. The molecule has 0 radical (unpaired) electrons. The van der Waals surface area contributed by atoms with Crippen LogP contribution in [0.5, 0.6) is 0 Å². The summed E-state index contributed by atoms with van der Waals surface area (Å²) in [6.07, 6.45) is 1.46. The number of hydrogen-bond acceptors (Lipinski definition) is 3. The molecular weight excluding hydrogens is 351 g/mol. The Kier molecular flexibility index (Phi) is 4.24. The van der Waals surface area contributed by atoms with Gasteiger partial charge in [-0.25, -0.2) is 4.39 Å². The molecule has 1 aromatic carbocycles. The van der Waals surface area contributed by atoms with Crippen LogP contribution in [0.3, 0.4) is 0 Å². The van der Waals surface area contributed by atoms with Crippen LogP contribution in [0.15, 0.2) is 30.5 Å². The standard InChI is InChI=1S/C19H17FN4OS/c1-11-6-7-13(9-15(11)20)24-18(26)23(17(25)19(24,3)4)14-8-12(2)16(21-5)22-10-14/h6-10H,1-4H3. The van der Waals surface area contributed by atoms with E-state index in [0.29, 0.717) is 22.5 Å². The van der Waals surface area contributed by atoms with E-state index in [4.69, 9.17) is 18.8 Å². The van der Waals surface area contributed by atoms with Crippen molar-refractivity contribution in [1.82, 2.24) is 4.98 Å². The fourth-order valence-corrected chi connectivity index (χ4v) is 3.49. The molecule has 0 unspecified atom stereocenters. The average molecular weight is 368 g/mol. The second-order valence-corrected chi connectivity index (χ2v) is 7.06. The van der Waals surface area contributed by atoms with Crippen molar-refractivity contribution in [2.45, 2.75) is 33.2 Å². The second-order valence-electron chi connectivity index (χ2n) is 6.70. The van der Waals surface area contributed by atoms with Gasteiger partial charge in [0.2, 0.25) is 0 Å². The smallest absolute Gasteiger partial charge is 0.272 e. The van der Waals surface area contributed by atoms with E-state index in [0.717, 1.165) is 0 Å². The third kappa shape index (κ3) is 2.63. The molecule has 5 nitrogen and oxygen atoms in total. The summed E-state index contributed by atoms with van der Waals surface area (Å²) in [4.78, 5) is 23.5. The number of hydrogen-bond donors (Lipinski definition) is 0. The van der Waals surface area contributed by atoms with Crippen molar-refractivity contribution >= 4 is 40.4 Å². The van der Waals surface area contributed by atoms with Gasteiger partial charge >= 0.3 is 0 Å². The first kappa shape index (κ1) is 18.0. The topological polar surface area (TPSA) is 40.8 Å². The van der Waals surface area contributed by atoms with Crippen LogP contribution in [0.1, 0.15) is 25.0 Å². The molecule has 0 aliphatic carbocycles. The Morgan fingerprint density at radius 3 is 2.46 bits per heavy atom. The molecule has 1 aliphatic heterocycles. The largest absolute Gasteiger partial charge is 0.360 e. The van der Waals surface area contributed by atoms with Crippen molar-refractivity contribution in [3.05, 3.63) is 58.8 Å². The van der Waals surface area contributed by atoms with E-state index >= 15 is 0 Å². The molecule has 26 heavy (non-hydrogen) atoms. The first-order valence-corrected chi connectivity index (χ1v) is 8.38. The zero-order valence-corrected chi connectivity index (χ0v) is 15.7. The monoisotopic (exact) mass is 368 g/mol. The summed E-state index contributed by atoms with van der Waals surface area (Å²) in [7, 11) is 0. The second kappa shape index (κ2) is 6.15. The van der Waals surface area contributed by atoms with Crippen LogP contribution < -0.4 is 9.80 Å². The third-order valence-corrected chi connectivity index (χ3v) is 4.85. The summed E-state index contributed by atoms with van der Waals surface area (Å²) in [5, 5.41) is 0.250. The van der Waals surface area contributed by atoms with Crippen LogP contribution in [-0.4, -0.2) is 21.5 Å². The van der Waals surface area contributed by atoms with Crippen LogP contribution in [0.2, 0.25) is 0 Å². The predicted octanol–water partition coefficient (Wildman–Crippen LogP) is 4.31. The van der Waals surface area contributed by atoms with Gasteiger partial charge in [0.1, 0.15) is 17.6 Å². The Labute approximate surface area is 156 Å². The van der Waals surface area contributed by atoms with Crippen LogP contribution in [0, 0.1) is 26.2 Å². The zero-order chi connectivity index (χ0) is 19.2. The SMILES string of the molecule is [C-]#[N+]c1ncc(N2C(=O)C(C)(C)N(c3ccc(C)c(F)c3)C2=S)cc1C. The van der Waals surface area contributed by atoms with Crippen molar-refractivity contribution in [2.75, 3.05) is 9.80 Å². The van der Waals surface area contributed by atoms with Crippen LogP contribution in [0.4, 0.5) is 21.6 Å². The van der Waals surface area contributed by atoms with Crippen LogP contribution >= 0.6 is 12.2 Å². The molecular formula is C19H17FN4OS. The molecule has 1 saturated heterocycles. The van der Waals surface area contributed by atoms with E-state index in [-0.39, 0.29) is 22.7 Å². The molecule has 1 aromatic heterocycles. The first-order valence-electron chi connectivity index (χ1n) is 7.97. The van der Waals surface area contributed by atoms with E-state index in [2.05, 4.69) is 9.83 Å². The molecule has 0 bridgehead atoms. The lowest BCUT2D eigenvalue weighted by Gasteiger charge is -2.29. The van der Waals surface area contributed by atoms with Gasteiger partial charge in [0.15, 0.2) is 5.11 Å². The summed E-state index contributed by atoms with van der Waals surface area (Å²) in [6.45, 7) is 14.0. The van der Waals surface area contributed by atoms with Crippen molar-refractivity contribution in [2.24, 2.45) is 0 Å². The Morgan fingerprint density at radius 1 is 1.19 bits per heavy atom. The molecule has 2 heterocycles. The highest BCUT2D eigenvalue weighted by molar-refractivity contribution is 7.81. The molecule has 1 aliphatic rings. The van der Waals surface area contributed by atoms with Crippen LogP contribution in [-0.2, 0) is 4.79 Å². The number of aromatic nitrogens is 1. The number of anilines is 2. The molecule has 3 rings (SSSR count). The van der Waals surface area contributed by atoms with Crippen molar-refractivity contribution in [1.29, 1.82) is 0 Å². The minimum absolute atomic E-state index is 0.236. The first-order chi connectivity index (χ1) is 12.2. The van der Waals surface area contributed by atoms with E-state index in [1.165, 1.54) is 17.2 Å². The van der Waals surface area contributed by atoms with E-state index < -0.39 is 5.54 Å². The van der Waals surface area contributed by atoms with Gasteiger partial charge in [0, 0.05) is 5.69 Å². The van der Waals surface area contributed by atoms with Gasteiger partial charge in [-0.3, -0.25) is 9.69 Å². The van der Waals surface area contributed by atoms with E-state index in [1.54, 1.807) is 50.8 Å². The molecule has 1 fully saturated rings. The normalized spacial score (nSPS) is 16.2.